The number of sulfonamides is 1. The molecule has 3 heterocycles. The summed E-state index contributed by atoms with van der Waals surface area (Å²) in [6.45, 7) is 9.17. The van der Waals surface area contributed by atoms with E-state index >= 15 is 0 Å². The Bertz CT molecular complexity index is 827. The highest BCUT2D eigenvalue weighted by Gasteiger charge is 2.28. The van der Waals surface area contributed by atoms with Gasteiger partial charge in [0.15, 0.2) is 0 Å². The quantitative estimate of drug-likeness (QED) is 0.649. The molecule has 30 heavy (non-hydrogen) atoms. The monoisotopic (exact) mass is 436 g/mol. The largest absolute Gasteiger partial charge is 0.379 e. The van der Waals surface area contributed by atoms with E-state index in [1.165, 1.54) is 36.3 Å². The summed E-state index contributed by atoms with van der Waals surface area (Å²) >= 11 is 0. The molecule has 8 nitrogen and oxygen atoms in total. The Kier molecular flexibility index (Phi) is 7.05. The van der Waals surface area contributed by atoms with E-state index in [-0.39, 0.29) is 10.8 Å². The summed E-state index contributed by atoms with van der Waals surface area (Å²) in [6, 6.07) is 6.46. The van der Waals surface area contributed by atoms with Crippen LogP contribution in [0.5, 0.6) is 0 Å². The van der Waals surface area contributed by atoms with Gasteiger partial charge in [0.25, 0.3) is 5.91 Å². The average molecular weight is 437 g/mol. The molecule has 3 fully saturated rings. The van der Waals surface area contributed by atoms with Gasteiger partial charge in [0.2, 0.25) is 10.0 Å². The molecule has 0 atom stereocenters. The summed E-state index contributed by atoms with van der Waals surface area (Å²) in [5, 5.41) is 0. The number of ether oxygens (including phenoxy) is 1. The summed E-state index contributed by atoms with van der Waals surface area (Å²) in [6.07, 6.45) is 2.62. The summed E-state index contributed by atoms with van der Waals surface area (Å²) in [7, 11) is -3.60. The molecule has 3 aliphatic rings. The molecule has 0 N–H and O–H groups in total. The van der Waals surface area contributed by atoms with Crippen molar-refractivity contribution in [2.45, 2.75) is 17.7 Å². The van der Waals surface area contributed by atoms with Crippen LogP contribution in [0.4, 0.5) is 0 Å². The fourth-order valence-corrected chi connectivity index (χ4v) is 5.83. The second kappa shape index (κ2) is 9.74. The topological polar surface area (TPSA) is 73.4 Å². The van der Waals surface area contributed by atoms with E-state index in [2.05, 4.69) is 9.80 Å². The molecular formula is C21H32N4O4S. The standard InChI is InChI=1S/C21H32N4O4S/c26-21(24-12-10-23(11-13-24)9-8-22-6-1-2-7-22)19-4-3-5-20(18-19)30(27,28)25-14-16-29-17-15-25/h3-5,18H,1-2,6-17H2. The minimum Gasteiger partial charge on any atom is -0.379 e. The van der Waals surface area contributed by atoms with Crippen LogP contribution in [0, 0.1) is 0 Å². The van der Waals surface area contributed by atoms with Crippen LogP contribution in [-0.2, 0) is 14.8 Å². The van der Waals surface area contributed by atoms with Crippen molar-refractivity contribution in [3.63, 3.8) is 0 Å². The van der Waals surface area contributed by atoms with Gasteiger partial charge in [-0.05, 0) is 44.1 Å². The SMILES string of the molecule is O=C(c1cccc(S(=O)(=O)N2CCOCC2)c1)N1CCN(CCN2CCCC2)CC1. The predicted molar refractivity (Wildman–Crippen MR) is 114 cm³/mol. The zero-order valence-corrected chi connectivity index (χ0v) is 18.4. The van der Waals surface area contributed by atoms with Gasteiger partial charge in [0, 0.05) is 57.9 Å². The third kappa shape index (κ3) is 5.03. The maximum Gasteiger partial charge on any atom is 0.253 e. The first-order valence-electron chi connectivity index (χ1n) is 11.0. The number of amides is 1. The maximum atomic E-state index is 13.0. The zero-order valence-electron chi connectivity index (χ0n) is 17.5. The molecule has 166 valence electrons. The highest BCUT2D eigenvalue weighted by atomic mass is 32.2. The lowest BCUT2D eigenvalue weighted by Crippen LogP contribution is -2.50. The van der Waals surface area contributed by atoms with Crippen LogP contribution in [0.15, 0.2) is 29.2 Å². The normalized spacial score (nSPS) is 22.5. The van der Waals surface area contributed by atoms with Crippen LogP contribution in [0.1, 0.15) is 23.2 Å². The van der Waals surface area contributed by atoms with Gasteiger partial charge >= 0.3 is 0 Å². The lowest BCUT2D eigenvalue weighted by molar-refractivity contribution is 0.0626. The fraction of sp³-hybridized carbons (Fsp3) is 0.667. The van der Waals surface area contributed by atoms with Gasteiger partial charge in [-0.25, -0.2) is 8.42 Å². The van der Waals surface area contributed by atoms with Crippen LogP contribution in [0.25, 0.3) is 0 Å². The highest BCUT2D eigenvalue weighted by molar-refractivity contribution is 7.89. The van der Waals surface area contributed by atoms with E-state index in [1.54, 1.807) is 18.2 Å². The van der Waals surface area contributed by atoms with Crippen molar-refractivity contribution >= 4 is 15.9 Å². The number of carbonyl (C=O) groups is 1. The molecule has 0 bridgehead atoms. The van der Waals surface area contributed by atoms with Crippen LogP contribution < -0.4 is 0 Å². The number of rotatable bonds is 6. The van der Waals surface area contributed by atoms with Gasteiger partial charge in [0.05, 0.1) is 18.1 Å². The molecule has 0 aromatic heterocycles. The molecule has 3 aliphatic heterocycles. The Balaban J connectivity index is 1.34. The lowest BCUT2D eigenvalue weighted by Gasteiger charge is -2.35. The molecule has 1 aromatic carbocycles. The number of morpholine rings is 1. The second-order valence-corrected chi connectivity index (χ2v) is 10.2. The van der Waals surface area contributed by atoms with Gasteiger partial charge < -0.3 is 14.5 Å². The van der Waals surface area contributed by atoms with Crippen LogP contribution in [-0.4, -0.2) is 112 Å². The number of hydrogen-bond donors (Lipinski definition) is 0. The summed E-state index contributed by atoms with van der Waals surface area (Å²) in [5.74, 6) is -0.0896. The fourth-order valence-electron chi connectivity index (χ4n) is 4.37. The first kappa shape index (κ1) is 21.7. The number of benzene rings is 1. The number of carbonyl (C=O) groups excluding carboxylic acids is 1. The molecule has 0 radical (unpaired) electrons. The molecule has 0 aliphatic carbocycles. The third-order valence-corrected chi connectivity index (χ3v) is 8.17. The van der Waals surface area contributed by atoms with Crippen molar-refractivity contribution in [2.24, 2.45) is 0 Å². The van der Waals surface area contributed by atoms with Gasteiger partial charge in [-0.2, -0.15) is 4.31 Å². The Morgan fingerprint density at radius 1 is 0.867 bits per heavy atom. The third-order valence-electron chi connectivity index (χ3n) is 6.28. The molecule has 1 amide bonds. The maximum absolute atomic E-state index is 13.0. The van der Waals surface area contributed by atoms with E-state index in [0.717, 1.165) is 26.2 Å². The Morgan fingerprint density at radius 3 is 2.17 bits per heavy atom. The molecule has 3 saturated heterocycles. The van der Waals surface area contributed by atoms with Crippen LogP contribution in [0.2, 0.25) is 0 Å². The van der Waals surface area contributed by atoms with Crippen molar-refractivity contribution in [2.75, 3.05) is 78.7 Å². The van der Waals surface area contributed by atoms with Crippen molar-refractivity contribution in [3.8, 4) is 0 Å². The average Bonchev–Trinajstić information content (AvgIpc) is 3.32. The molecule has 0 saturated carbocycles. The number of nitrogens with zero attached hydrogens (tertiary/aromatic N) is 4. The predicted octanol–water partition coefficient (Wildman–Crippen LogP) is 0.561. The van der Waals surface area contributed by atoms with Crippen molar-refractivity contribution in [1.82, 2.24) is 19.0 Å². The van der Waals surface area contributed by atoms with Gasteiger partial charge in [-0.1, -0.05) is 6.07 Å². The van der Waals surface area contributed by atoms with Gasteiger partial charge in [0.1, 0.15) is 0 Å². The Morgan fingerprint density at radius 2 is 1.50 bits per heavy atom. The minimum atomic E-state index is -3.60. The van der Waals surface area contributed by atoms with Crippen LogP contribution >= 0.6 is 0 Å². The number of likely N-dealkylation sites (tertiary alicyclic amines) is 1. The van der Waals surface area contributed by atoms with Crippen LogP contribution in [0.3, 0.4) is 0 Å². The zero-order chi connectivity index (χ0) is 21.0. The molecule has 9 heteroatoms. The van der Waals surface area contributed by atoms with Crippen molar-refractivity contribution in [3.05, 3.63) is 29.8 Å². The Hall–Kier alpha value is -1.52. The van der Waals surface area contributed by atoms with Crippen molar-refractivity contribution in [1.29, 1.82) is 0 Å². The van der Waals surface area contributed by atoms with Gasteiger partial charge in [-0.3, -0.25) is 9.69 Å². The van der Waals surface area contributed by atoms with E-state index in [0.29, 0.717) is 45.0 Å². The van der Waals surface area contributed by atoms with E-state index in [9.17, 15) is 13.2 Å². The minimum absolute atomic E-state index is 0.0896. The first-order chi connectivity index (χ1) is 14.5. The van der Waals surface area contributed by atoms with Crippen molar-refractivity contribution < 1.29 is 17.9 Å². The summed E-state index contributed by atoms with van der Waals surface area (Å²) in [5.41, 5.74) is 0.440. The summed E-state index contributed by atoms with van der Waals surface area (Å²) < 4.78 is 32.5. The van der Waals surface area contributed by atoms with E-state index in [4.69, 9.17) is 4.74 Å². The first-order valence-corrected chi connectivity index (χ1v) is 12.4. The van der Waals surface area contributed by atoms with E-state index < -0.39 is 10.0 Å². The molecule has 0 spiro atoms. The molecular weight excluding hydrogens is 404 g/mol. The summed E-state index contributed by atoms with van der Waals surface area (Å²) in [4.78, 5) is 19.9. The second-order valence-electron chi connectivity index (χ2n) is 8.23. The highest BCUT2D eigenvalue weighted by Crippen LogP contribution is 2.20. The smallest absolute Gasteiger partial charge is 0.253 e. The number of hydrogen-bond acceptors (Lipinski definition) is 6. The molecule has 4 rings (SSSR count). The number of piperazine rings is 1. The lowest BCUT2D eigenvalue weighted by atomic mass is 10.2. The van der Waals surface area contributed by atoms with Gasteiger partial charge in [-0.15, -0.1) is 0 Å². The molecule has 0 unspecified atom stereocenters. The molecule has 1 aromatic rings. The Labute approximate surface area is 179 Å². The van der Waals surface area contributed by atoms with E-state index in [1.807, 2.05) is 4.90 Å².